The van der Waals surface area contributed by atoms with Crippen molar-refractivity contribution >= 4 is 39.8 Å². The molecule has 0 bridgehead atoms. The zero-order valence-electron chi connectivity index (χ0n) is 28.5. The number of carbonyl (C=O) groups is 1. The first-order valence-electron chi connectivity index (χ1n) is 16.6. The van der Waals surface area contributed by atoms with E-state index in [0.29, 0.717) is 53.6 Å². The van der Waals surface area contributed by atoms with Crippen LogP contribution in [0.5, 0.6) is 0 Å². The third-order valence-corrected chi connectivity index (χ3v) is 8.52. The molecule has 5 aromatic heterocycles. The first kappa shape index (κ1) is 25.3. The van der Waals surface area contributed by atoms with Crippen molar-refractivity contribution in [1.29, 1.82) is 0 Å². The fourth-order valence-electron chi connectivity index (χ4n) is 6.30. The number of rotatable bonds is 6. The van der Waals surface area contributed by atoms with Crippen LogP contribution in [0.1, 0.15) is 49.7 Å². The Bertz CT molecular complexity index is 2150. The summed E-state index contributed by atoms with van der Waals surface area (Å²) in [5, 5.41) is 9.08. The number of hydrogen-bond donors (Lipinski definition) is 2. The summed E-state index contributed by atoms with van der Waals surface area (Å²) in [7, 11) is 1.18. The van der Waals surface area contributed by atoms with E-state index in [0.717, 1.165) is 12.4 Å². The SMILES string of the molecule is [2H]C1(NC(=O)OC)CC[C@@H](n2c(=O)n(C([2H])([2H])[2H])c3cnc(Nc4ccc5c(n4)c(-c4cnn(C(F)(F)F)c4)cn5C4CCOCC4)cc32)C1. The van der Waals surface area contributed by atoms with Crippen LogP contribution in [0.3, 0.4) is 0 Å². The van der Waals surface area contributed by atoms with E-state index in [2.05, 4.69) is 25.5 Å². The molecule has 2 atom stereocenters. The van der Waals surface area contributed by atoms with Gasteiger partial charge >= 0.3 is 18.1 Å². The predicted molar refractivity (Wildman–Crippen MR) is 162 cm³/mol. The largest absolute Gasteiger partial charge is 0.504 e. The van der Waals surface area contributed by atoms with Gasteiger partial charge in [-0.05, 0) is 44.2 Å². The standard InChI is InChI=1S/C30H32F3N9O4/c1-39-24-14-34-26(12-23(24)42(29(39)44)20-4-3-18(11-20)36-28(43)45-2)37-25-6-5-22-27(38-25)21(16-40(22)19-7-9-46-10-8-19)17-13-35-41(15-17)30(31,32)33/h5-6,12-16,18-20H,3-4,7-11H2,1-2H3,(H,36,43)(H,34,37,38)/t18?,20-/m1/s1/i1D3,18D. The molecular weight excluding hydrogens is 607 g/mol. The number of alkyl carbamates (subject to hydrolysis) is 1. The van der Waals surface area contributed by atoms with Crippen molar-refractivity contribution in [3.63, 3.8) is 0 Å². The molecule has 0 aromatic carbocycles. The molecule has 1 aliphatic carbocycles. The molecule has 1 saturated carbocycles. The number of fused-ring (bicyclic) bond motifs is 2. The van der Waals surface area contributed by atoms with Gasteiger partial charge in [0.05, 0.1) is 42.9 Å². The minimum absolute atomic E-state index is 0.0171. The van der Waals surface area contributed by atoms with Crippen molar-refractivity contribution in [2.24, 2.45) is 6.98 Å². The van der Waals surface area contributed by atoms with E-state index >= 15 is 0 Å². The molecule has 2 fully saturated rings. The van der Waals surface area contributed by atoms with Gasteiger partial charge in [0, 0.05) is 72.0 Å². The van der Waals surface area contributed by atoms with Gasteiger partial charge in [0.25, 0.3) is 0 Å². The smallest absolute Gasteiger partial charge is 0.453 e. The molecule has 2 N–H and O–H groups in total. The van der Waals surface area contributed by atoms with Gasteiger partial charge in [-0.3, -0.25) is 9.13 Å². The summed E-state index contributed by atoms with van der Waals surface area (Å²) in [6.45, 7) is -1.74. The number of methoxy groups -OCH3 is 1. The average Bonchev–Trinajstić information content (AvgIpc) is 3.84. The maximum atomic E-state index is 13.6. The molecule has 242 valence electrons. The Labute approximate surface area is 265 Å². The minimum Gasteiger partial charge on any atom is -0.453 e. The van der Waals surface area contributed by atoms with Gasteiger partial charge in [-0.25, -0.2) is 19.6 Å². The second-order valence-electron chi connectivity index (χ2n) is 11.3. The Morgan fingerprint density at radius 2 is 1.91 bits per heavy atom. The predicted octanol–water partition coefficient (Wildman–Crippen LogP) is 4.97. The second-order valence-corrected chi connectivity index (χ2v) is 11.3. The number of ether oxygens (including phenoxy) is 2. The lowest BCUT2D eigenvalue weighted by Gasteiger charge is -2.24. The number of alkyl halides is 3. The van der Waals surface area contributed by atoms with Gasteiger partial charge in [-0.2, -0.15) is 9.78 Å². The number of nitrogens with one attached hydrogen (secondary N) is 2. The minimum atomic E-state index is -4.69. The van der Waals surface area contributed by atoms with E-state index in [-0.39, 0.29) is 51.8 Å². The summed E-state index contributed by atoms with van der Waals surface area (Å²) >= 11 is 0. The molecule has 46 heavy (non-hydrogen) atoms. The van der Waals surface area contributed by atoms with Crippen molar-refractivity contribution in [3.05, 3.63) is 53.5 Å². The van der Waals surface area contributed by atoms with Gasteiger partial charge in [-0.15, -0.1) is 13.2 Å². The van der Waals surface area contributed by atoms with E-state index in [4.69, 9.17) is 15.2 Å². The number of aryl methyl sites for hydroxylation is 1. The summed E-state index contributed by atoms with van der Waals surface area (Å²) in [6.07, 6.45) is 1.53. The Morgan fingerprint density at radius 3 is 2.65 bits per heavy atom. The normalized spacial score (nSPS) is 22.4. The molecule has 2 aliphatic rings. The monoisotopic (exact) mass is 643 g/mol. The maximum absolute atomic E-state index is 13.6. The first-order chi connectivity index (χ1) is 23.6. The Morgan fingerprint density at radius 1 is 1.09 bits per heavy atom. The highest BCUT2D eigenvalue weighted by molar-refractivity contribution is 5.94. The number of imidazole rings is 1. The molecule has 5 aromatic rings. The fraction of sp³-hybridized carbons (Fsp3) is 0.433. The molecule has 0 spiro atoms. The Kier molecular flexibility index (Phi) is 6.33. The zero-order valence-corrected chi connectivity index (χ0v) is 24.5. The lowest BCUT2D eigenvalue weighted by atomic mass is 10.1. The van der Waals surface area contributed by atoms with Gasteiger partial charge in [0.2, 0.25) is 0 Å². The van der Waals surface area contributed by atoms with E-state index in [9.17, 15) is 22.8 Å². The van der Waals surface area contributed by atoms with Gasteiger partial charge in [0.1, 0.15) is 11.6 Å². The first-order valence-corrected chi connectivity index (χ1v) is 14.6. The van der Waals surface area contributed by atoms with Gasteiger partial charge in [-0.1, -0.05) is 0 Å². The van der Waals surface area contributed by atoms with Crippen molar-refractivity contribution in [3.8, 4) is 11.1 Å². The lowest BCUT2D eigenvalue weighted by Crippen LogP contribution is -2.33. The molecule has 13 nitrogen and oxygen atoms in total. The van der Waals surface area contributed by atoms with E-state index in [1.807, 2.05) is 4.57 Å². The zero-order chi connectivity index (χ0) is 35.6. The van der Waals surface area contributed by atoms with E-state index in [1.54, 1.807) is 18.3 Å². The maximum Gasteiger partial charge on any atom is 0.504 e. The van der Waals surface area contributed by atoms with Crippen LogP contribution in [0.15, 0.2) is 47.8 Å². The van der Waals surface area contributed by atoms with Crippen molar-refractivity contribution in [2.75, 3.05) is 25.6 Å². The number of anilines is 2. The lowest BCUT2D eigenvalue weighted by molar-refractivity contribution is -0.212. The molecule has 0 radical (unpaired) electrons. The van der Waals surface area contributed by atoms with Crippen molar-refractivity contribution in [2.45, 2.75) is 56.5 Å². The number of aromatic nitrogens is 7. The Hall–Kier alpha value is -4.86. The van der Waals surface area contributed by atoms with Crippen LogP contribution >= 0.6 is 0 Å². The van der Waals surface area contributed by atoms with Crippen LogP contribution in [0.2, 0.25) is 0 Å². The Balaban J connectivity index is 1.28. The quantitative estimate of drug-likeness (QED) is 0.265. The van der Waals surface area contributed by atoms with Crippen LogP contribution in [0.25, 0.3) is 33.2 Å². The molecule has 6 heterocycles. The van der Waals surface area contributed by atoms with Crippen LogP contribution in [-0.2, 0) is 22.7 Å². The fourth-order valence-corrected chi connectivity index (χ4v) is 6.30. The number of nitrogens with zero attached hydrogens (tertiary/aromatic N) is 7. The van der Waals surface area contributed by atoms with Crippen molar-refractivity contribution in [1.82, 2.24) is 38.8 Å². The van der Waals surface area contributed by atoms with Crippen LogP contribution < -0.4 is 16.3 Å². The third kappa shape index (κ3) is 5.35. The van der Waals surface area contributed by atoms with E-state index < -0.39 is 37.1 Å². The average molecular weight is 644 g/mol. The molecule has 1 aliphatic heterocycles. The summed E-state index contributed by atoms with van der Waals surface area (Å²) in [4.78, 5) is 34.7. The van der Waals surface area contributed by atoms with Crippen LogP contribution in [-0.4, -0.2) is 65.9 Å². The third-order valence-electron chi connectivity index (χ3n) is 8.52. The topological polar surface area (TPSA) is 135 Å². The number of amides is 1. The molecule has 16 heteroatoms. The summed E-state index contributed by atoms with van der Waals surface area (Å²) in [5.74, 6) is 0.495. The van der Waals surface area contributed by atoms with E-state index in [1.165, 1.54) is 23.9 Å². The molecule has 1 unspecified atom stereocenters. The van der Waals surface area contributed by atoms with Gasteiger partial charge < -0.3 is 24.7 Å². The summed E-state index contributed by atoms with van der Waals surface area (Å²) < 4.78 is 87.1. The number of halogens is 3. The second kappa shape index (κ2) is 11.5. The highest BCUT2D eigenvalue weighted by Gasteiger charge is 2.33. The molecular formula is C30H32F3N9O4. The summed E-state index contributed by atoms with van der Waals surface area (Å²) in [5.41, 5.74) is 1.26. The molecule has 1 saturated heterocycles. The number of pyridine rings is 2. The van der Waals surface area contributed by atoms with Gasteiger partial charge in [0.15, 0.2) is 0 Å². The highest BCUT2D eigenvalue weighted by Crippen LogP contribution is 2.37. The molecule has 1 amide bonds. The summed E-state index contributed by atoms with van der Waals surface area (Å²) in [6, 6.07) is 2.98. The van der Waals surface area contributed by atoms with Crippen LogP contribution in [0, 0.1) is 0 Å². The molecule has 7 rings (SSSR count). The highest BCUT2D eigenvalue weighted by atomic mass is 19.4. The van der Waals surface area contributed by atoms with Crippen molar-refractivity contribution < 1.29 is 32.9 Å². The number of hydrogen-bond acceptors (Lipinski definition) is 8. The van der Waals surface area contributed by atoms with Crippen LogP contribution in [0.4, 0.5) is 29.6 Å². The number of carbonyl (C=O) groups excluding carboxylic acids is 1.